The second kappa shape index (κ2) is 15.3. The summed E-state index contributed by atoms with van der Waals surface area (Å²) in [7, 11) is 0. The molecule has 0 aliphatic rings. The van der Waals surface area contributed by atoms with E-state index in [-0.39, 0.29) is 12.4 Å². The van der Waals surface area contributed by atoms with E-state index in [1.54, 1.807) is 0 Å². The molecular formula is C18H30O5. The summed E-state index contributed by atoms with van der Waals surface area (Å²) in [5.74, 6) is -2.15. The largest absolute Gasteiger partial charge is 0.478 e. The molecule has 0 saturated heterocycles. The lowest BCUT2D eigenvalue weighted by Gasteiger charge is -2.03. The first-order chi connectivity index (χ1) is 11.1. The molecule has 0 aliphatic heterocycles. The van der Waals surface area contributed by atoms with Crippen LogP contribution >= 0.6 is 0 Å². The molecule has 0 bridgehead atoms. The Bertz CT molecular complexity index is 374. The van der Waals surface area contributed by atoms with Crippen LogP contribution in [0.5, 0.6) is 0 Å². The molecule has 0 fully saturated rings. The second-order valence-corrected chi connectivity index (χ2v) is 5.75. The van der Waals surface area contributed by atoms with Gasteiger partial charge in [-0.25, -0.2) is 9.59 Å². The number of carboxylic acids is 1. The molecule has 23 heavy (non-hydrogen) atoms. The summed E-state index contributed by atoms with van der Waals surface area (Å²) in [6.45, 7) is 1.94. The van der Waals surface area contributed by atoms with E-state index >= 15 is 0 Å². The maximum atomic E-state index is 11.5. The Kier molecular flexibility index (Phi) is 14.2. The topological polar surface area (TPSA) is 80.7 Å². The standard InChI is InChI=1S/C18H30O5/c1-2-3-4-5-6-7-8-9-10-11-12-16(19)15-23-18(22)14-13-17(20)21/h13-14H,2-12,15H2,1H3,(H,20,21)/b14-13+. The molecule has 0 amide bonds. The molecule has 0 aromatic carbocycles. The van der Waals surface area contributed by atoms with Crippen LogP contribution in [0, 0.1) is 0 Å². The van der Waals surface area contributed by atoms with Crippen molar-refractivity contribution < 1.29 is 24.2 Å². The quantitative estimate of drug-likeness (QED) is 0.279. The van der Waals surface area contributed by atoms with Crippen LogP contribution in [0.2, 0.25) is 0 Å². The molecule has 0 aliphatic carbocycles. The van der Waals surface area contributed by atoms with Gasteiger partial charge in [0.15, 0.2) is 5.78 Å². The molecule has 0 atom stereocenters. The lowest BCUT2D eigenvalue weighted by Crippen LogP contribution is -2.12. The van der Waals surface area contributed by atoms with Gasteiger partial charge in [0.05, 0.1) is 0 Å². The number of aliphatic carboxylic acids is 1. The first kappa shape index (κ1) is 21.4. The molecule has 0 unspecified atom stereocenters. The van der Waals surface area contributed by atoms with Crippen LogP contribution in [0.4, 0.5) is 0 Å². The van der Waals surface area contributed by atoms with E-state index in [2.05, 4.69) is 11.7 Å². The van der Waals surface area contributed by atoms with Gasteiger partial charge in [-0.2, -0.15) is 0 Å². The van der Waals surface area contributed by atoms with Crippen LogP contribution in [0.15, 0.2) is 12.2 Å². The highest BCUT2D eigenvalue weighted by molar-refractivity contribution is 5.92. The second-order valence-electron chi connectivity index (χ2n) is 5.75. The van der Waals surface area contributed by atoms with Crippen molar-refractivity contribution in [1.82, 2.24) is 0 Å². The van der Waals surface area contributed by atoms with Crippen molar-refractivity contribution in [3.63, 3.8) is 0 Å². The third-order valence-corrected chi connectivity index (χ3v) is 3.55. The zero-order chi connectivity index (χ0) is 17.3. The molecule has 0 heterocycles. The molecule has 0 radical (unpaired) electrons. The van der Waals surface area contributed by atoms with E-state index in [0.717, 1.165) is 25.3 Å². The fourth-order valence-electron chi connectivity index (χ4n) is 2.22. The van der Waals surface area contributed by atoms with Gasteiger partial charge in [-0.1, -0.05) is 64.7 Å². The van der Waals surface area contributed by atoms with Crippen molar-refractivity contribution in [3.05, 3.63) is 12.2 Å². The average Bonchev–Trinajstić information content (AvgIpc) is 2.52. The van der Waals surface area contributed by atoms with Gasteiger partial charge in [-0.3, -0.25) is 4.79 Å². The van der Waals surface area contributed by atoms with Crippen LogP contribution in [-0.2, 0) is 19.1 Å². The van der Waals surface area contributed by atoms with Crippen LogP contribution < -0.4 is 0 Å². The predicted octanol–water partition coefficient (Wildman–Crippen LogP) is 4.05. The third kappa shape index (κ3) is 16.5. The minimum absolute atomic E-state index is 0.123. The monoisotopic (exact) mass is 326 g/mol. The normalized spacial score (nSPS) is 10.8. The predicted molar refractivity (Wildman–Crippen MR) is 89.2 cm³/mol. The fraction of sp³-hybridized carbons (Fsp3) is 0.722. The van der Waals surface area contributed by atoms with Crippen molar-refractivity contribution >= 4 is 17.7 Å². The molecular weight excluding hydrogens is 296 g/mol. The Morgan fingerprint density at radius 3 is 1.87 bits per heavy atom. The molecule has 0 rings (SSSR count). The summed E-state index contributed by atoms with van der Waals surface area (Å²) in [6, 6.07) is 0. The number of Topliss-reactive ketones (excluding diaryl/α,β-unsaturated/α-hetero) is 1. The van der Waals surface area contributed by atoms with Gasteiger partial charge in [0, 0.05) is 18.6 Å². The van der Waals surface area contributed by atoms with Crippen LogP contribution in [0.25, 0.3) is 0 Å². The number of hydrogen-bond acceptors (Lipinski definition) is 4. The van der Waals surface area contributed by atoms with Gasteiger partial charge in [-0.05, 0) is 6.42 Å². The summed E-state index contributed by atoms with van der Waals surface area (Å²) in [5, 5.41) is 8.34. The molecule has 5 nitrogen and oxygen atoms in total. The van der Waals surface area contributed by atoms with Gasteiger partial charge in [0.2, 0.25) is 0 Å². The molecule has 0 spiro atoms. The number of carbonyl (C=O) groups is 3. The Morgan fingerprint density at radius 1 is 0.826 bits per heavy atom. The molecule has 5 heteroatoms. The van der Waals surface area contributed by atoms with Gasteiger partial charge in [-0.15, -0.1) is 0 Å². The Balaban J connectivity index is 3.40. The third-order valence-electron chi connectivity index (χ3n) is 3.55. The molecule has 1 N–H and O–H groups in total. The Morgan fingerprint density at radius 2 is 1.35 bits per heavy atom. The zero-order valence-corrected chi connectivity index (χ0v) is 14.2. The lowest BCUT2D eigenvalue weighted by atomic mass is 10.1. The number of carbonyl (C=O) groups excluding carboxylic acids is 2. The van der Waals surface area contributed by atoms with Crippen LogP contribution in [0.1, 0.15) is 77.6 Å². The average molecular weight is 326 g/mol. The maximum absolute atomic E-state index is 11.5. The zero-order valence-electron chi connectivity index (χ0n) is 14.2. The van der Waals surface area contributed by atoms with Crippen molar-refractivity contribution in [1.29, 1.82) is 0 Å². The fourth-order valence-corrected chi connectivity index (χ4v) is 2.22. The Hall–Kier alpha value is -1.65. The molecule has 0 aromatic heterocycles. The number of unbranched alkanes of at least 4 members (excludes halogenated alkanes) is 9. The summed E-state index contributed by atoms with van der Waals surface area (Å²) in [6.07, 6.45) is 13.9. The van der Waals surface area contributed by atoms with E-state index in [0.29, 0.717) is 12.5 Å². The first-order valence-corrected chi connectivity index (χ1v) is 8.65. The minimum Gasteiger partial charge on any atom is -0.478 e. The first-order valence-electron chi connectivity index (χ1n) is 8.65. The van der Waals surface area contributed by atoms with Crippen molar-refractivity contribution in [3.8, 4) is 0 Å². The summed E-state index contributed by atoms with van der Waals surface area (Å²) in [5.41, 5.74) is 0. The van der Waals surface area contributed by atoms with Crippen molar-refractivity contribution in [2.45, 2.75) is 77.6 Å². The number of ether oxygens (including phenoxy) is 1. The van der Waals surface area contributed by atoms with E-state index in [9.17, 15) is 14.4 Å². The van der Waals surface area contributed by atoms with E-state index in [4.69, 9.17) is 5.11 Å². The number of carboxylic acid groups (broad SMARTS) is 1. The number of esters is 1. The number of hydrogen-bond donors (Lipinski definition) is 1. The smallest absolute Gasteiger partial charge is 0.331 e. The molecule has 0 aromatic rings. The highest BCUT2D eigenvalue weighted by Crippen LogP contribution is 2.11. The SMILES string of the molecule is CCCCCCCCCCCCC(=O)COC(=O)/C=C/C(=O)O. The number of ketones is 1. The highest BCUT2D eigenvalue weighted by Gasteiger charge is 2.05. The van der Waals surface area contributed by atoms with Gasteiger partial charge in [0.25, 0.3) is 0 Å². The van der Waals surface area contributed by atoms with E-state index < -0.39 is 11.9 Å². The van der Waals surface area contributed by atoms with Crippen LogP contribution in [-0.4, -0.2) is 29.4 Å². The van der Waals surface area contributed by atoms with Gasteiger partial charge < -0.3 is 9.84 Å². The van der Waals surface area contributed by atoms with Crippen LogP contribution in [0.3, 0.4) is 0 Å². The number of rotatable bonds is 15. The van der Waals surface area contributed by atoms with E-state index in [1.807, 2.05) is 0 Å². The summed E-state index contributed by atoms with van der Waals surface area (Å²) in [4.78, 5) is 32.8. The maximum Gasteiger partial charge on any atom is 0.331 e. The molecule has 0 saturated carbocycles. The minimum atomic E-state index is -1.22. The van der Waals surface area contributed by atoms with Crippen molar-refractivity contribution in [2.24, 2.45) is 0 Å². The summed E-state index contributed by atoms with van der Waals surface area (Å²) < 4.78 is 4.66. The van der Waals surface area contributed by atoms with Gasteiger partial charge in [0.1, 0.15) is 6.61 Å². The van der Waals surface area contributed by atoms with Gasteiger partial charge >= 0.3 is 11.9 Å². The lowest BCUT2D eigenvalue weighted by molar-refractivity contribution is -0.143. The Labute approximate surface area is 139 Å². The highest BCUT2D eigenvalue weighted by atomic mass is 16.5. The van der Waals surface area contributed by atoms with Crippen molar-refractivity contribution in [2.75, 3.05) is 6.61 Å². The molecule has 132 valence electrons. The van der Waals surface area contributed by atoms with E-state index in [1.165, 1.54) is 44.9 Å². The summed E-state index contributed by atoms with van der Waals surface area (Å²) >= 11 is 0.